The first kappa shape index (κ1) is 21.0. The lowest BCUT2D eigenvalue weighted by Crippen LogP contribution is -2.31. The second-order valence-electron chi connectivity index (χ2n) is 7.93. The molecule has 1 aliphatic heterocycles. The lowest BCUT2D eigenvalue weighted by molar-refractivity contribution is -0.131. The van der Waals surface area contributed by atoms with Gasteiger partial charge in [-0.1, -0.05) is 23.3 Å². The highest BCUT2D eigenvalue weighted by Gasteiger charge is 2.28. The molecule has 1 unspecified atom stereocenters. The van der Waals surface area contributed by atoms with E-state index in [0.29, 0.717) is 5.75 Å². The topological polar surface area (TPSA) is 35.5 Å². The minimum Gasteiger partial charge on any atom is -0.483 e. The first-order valence-electron chi connectivity index (χ1n) is 9.69. The van der Waals surface area contributed by atoms with Crippen molar-refractivity contribution in [1.29, 1.82) is 0 Å². The monoisotopic (exact) mass is 368 g/mol. The van der Waals surface area contributed by atoms with Gasteiger partial charge in [0.25, 0.3) is 0 Å². The number of fused-ring (bicyclic) bond motifs is 1. The standard InChI is InChI=1S/C24H32O3/c1-17(2)9-7-10-18(3)11-8-13-24(6)14-12-21-22(26-20(5)25)15-19(4)16-23(21)27-24/h9,11-12,14-16H,7-8,10,13H2,1-6H3. The minimum absolute atomic E-state index is 0.321. The van der Waals surface area contributed by atoms with Crippen molar-refractivity contribution in [1.82, 2.24) is 0 Å². The van der Waals surface area contributed by atoms with E-state index in [1.54, 1.807) is 0 Å². The van der Waals surface area contributed by atoms with E-state index < -0.39 is 0 Å². The van der Waals surface area contributed by atoms with Crippen LogP contribution in [0.25, 0.3) is 6.08 Å². The van der Waals surface area contributed by atoms with Crippen molar-refractivity contribution in [2.24, 2.45) is 0 Å². The molecule has 1 heterocycles. The van der Waals surface area contributed by atoms with Crippen LogP contribution in [0.15, 0.2) is 41.5 Å². The fraction of sp³-hybridized carbons (Fsp3) is 0.458. The van der Waals surface area contributed by atoms with Gasteiger partial charge < -0.3 is 9.47 Å². The smallest absolute Gasteiger partial charge is 0.308 e. The Hall–Kier alpha value is -2.29. The van der Waals surface area contributed by atoms with Crippen molar-refractivity contribution in [3.05, 3.63) is 52.6 Å². The van der Waals surface area contributed by atoms with E-state index in [1.807, 2.05) is 25.1 Å². The zero-order valence-electron chi connectivity index (χ0n) is 17.5. The fourth-order valence-corrected chi connectivity index (χ4v) is 3.20. The number of hydrogen-bond donors (Lipinski definition) is 0. The molecule has 1 atom stereocenters. The average molecular weight is 369 g/mol. The van der Waals surface area contributed by atoms with E-state index in [-0.39, 0.29) is 11.6 Å². The maximum atomic E-state index is 11.4. The summed E-state index contributed by atoms with van der Waals surface area (Å²) < 4.78 is 11.6. The highest BCUT2D eigenvalue weighted by Crippen LogP contribution is 2.39. The number of carbonyl (C=O) groups is 1. The van der Waals surface area contributed by atoms with Gasteiger partial charge in [0.05, 0.1) is 5.56 Å². The van der Waals surface area contributed by atoms with E-state index >= 15 is 0 Å². The van der Waals surface area contributed by atoms with E-state index in [2.05, 4.69) is 45.9 Å². The van der Waals surface area contributed by atoms with Crippen LogP contribution in [0.1, 0.15) is 71.4 Å². The van der Waals surface area contributed by atoms with Crippen molar-refractivity contribution in [3.8, 4) is 11.5 Å². The van der Waals surface area contributed by atoms with Crippen LogP contribution >= 0.6 is 0 Å². The van der Waals surface area contributed by atoms with Crippen molar-refractivity contribution in [3.63, 3.8) is 0 Å². The molecule has 1 aliphatic rings. The van der Waals surface area contributed by atoms with Gasteiger partial charge in [-0.05, 0) is 90.2 Å². The summed E-state index contributed by atoms with van der Waals surface area (Å²) in [6.07, 6.45) is 12.8. The summed E-state index contributed by atoms with van der Waals surface area (Å²) in [6.45, 7) is 12.0. The number of rotatable bonds is 7. The summed E-state index contributed by atoms with van der Waals surface area (Å²) in [5.41, 5.74) is 4.28. The Morgan fingerprint density at radius 2 is 1.89 bits per heavy atom. The van der Waals surface area contributed by atoms with Crippen molar-refractivity contribution in [2.45, 2.75) is 72.8 Å². The SMILES string of the molecule is CC(=O)Oc1cc(C)cc2c1C=CC(C)(CCC=C(C)CCC=C(C)C)O2. The molecule has 0 N–H and O–H groups in total. The molecule has 1 aromatic rings. The lowest BCUT2D eigenvalue weighted by Gasteiger charge is -2.32. The first-order valence-corrected chi connectivity index (χ1v) is 9.69. The highest BCUT2D eigenvalue weighted by atomic mass is 16.5. The molecule has 27 heavy (non-hydrogen) atoms. The number of ether oxygens (including phenoxy) is 2. The zero-order chi connectivity index (χ0) is 20.0. The summed E-state index contributed by atoms with van der Waals surface area (Å²) in [7, 11) is 0. The van der Waals surface area contributed by atoms with Crippen molar-refractivity contribution < 1.29 is 14.3 Å². The average Bonchev–Trinajstić information content (AvgIpc) is 2.53. The molecule has 3 nitrogen and oxygen atoms in total. The zero-order valence-corrected chi connectivity index (χ0v) is 17.5. The van der Waals surface area contributed by atoms with Crippen LogP contribution in [0, 0.1) is 6.92 Å². The first-order chi connectivity index (χ1) is 12.7. The third-order valence-electron chi connectivity index (χ3n) is 4.67. The second-order valence-corrected chi connectivity index (χ2v) is 7.93. The van der Waals surface area contributed by atoms with Gasteiger partial charge in [-0.3, -0.25) is 4.79 Å². The van der Waals surface area contributed by atoms with Crippen LogP contribution in [-0.4, -0.2) is 11.6 Å². The summed E-state index contributed by atoms with van der Waals surface area (Å²) >= 11 is 0. The molecule has 2 rings (SSSR count). The van der Waals surface area contributed by atoms with Crippen molar-refractivity contribution in [2.75, 3.05) is 0 Å². The molecule has 0 amide bonds. The molecule has 1 aromatic carbocycles. The third-order valence-corrected chi connectivity index (χ3v) is 4.67. The van der Waals surface area contributed by atoms with Gasteiger partial charge in [0.1, 0.15) is 17.1 Å². The maximum absolute atomic E-state index is 11.4. The van der Waals surface area contributed by atoms with Crippen LogP contribution in [0.5, 0.6) is 11.5 Å². The third kappa shape index (κ3) is 6.42. The Kier molecular flexibility index (Phi) is 7.06. The molecule has 0 fully saturated rings. The van der Waals surface area contributed by atoms with E-state index in [1.165, 1.54) is 18.1 Å². The van der Waals surface area contributed by atoms with Gasteiger partial charge in [-0.25, -0.2) is 0 Å². The van der Waals surface area contributed by atoms with Crippen LogP contribution in [0.3, 0.4) is 0 Å². The van der Waals surface area contributed by atoms with E-state index in [0.717, 1.165) is 42.6 Å². The molecule has 3 heteroatoms. The van der Waals surface area contributed by atoms with Crippen LogP contribution in [0.2, 0.25) is 0 Å². The summed E-state index contributed by atoms with van der Waals surface area (Å²) in [5, 5.41) is 0. The minimum atomic E-state index is -0.356. The summed E-state index contributed by atoms with van der Waals surface area (Å²) in [6, 6.07) is 3.87. The second kappa shape index (κ2) is 9.07. The number of aryl methyl sites for hydroxylation is 1. The Bertz CT molecular complexity index is 779. The van der Waals surface area contributed by atoms with Gasteiger partial charge in [0.2, 0.25) is 0 Å². The number of allylic oxidation sites excluding steroid dienone is 4. The molecule has 146 valence electrons. The maximum Gasteiger partial charge on any atom is 0.308 e. The summed E-state index contributed by atoms with van der Waals surface area (Å²) in [4.78, 5) is 11.4. The fourth-order valence-electron chi connectivity index (χ4n) is 3.20. The van der Waals surface area contributed by atoms with Gasteiger partial charge in [0.15, 0.2) is 0 Å². The Labute approximate surface area is 163 Å². The number of carbonyl (C=O) groups excluding carboxylic acids is 1. The van der Waals surface area contributed by atoms with Gasteiger partial charge >= 0.3 is 5.97 Å². The van der Waals surface area contributed by atoms with Gasteiger partial charge in [-0.15, -0.1) is 0 Å². The molecule has 0 bridgehead atoms. The van der Waals surface area contributed by atoms with Crippen LogP contribution in [0.4, 0.5) is 0 Å². The molecule has 0 radical (unpaired) electrons. The molecular weight excluding hydrogens is 336 g/mol. The Morgan fingerprint density at radius 3 is 2.56 bits per heavy atom. The molecular formula is C24H32O3. The Morgan fingerprint density at radius 1 is 1.15 bits per heavy atom. The normalized spacial score (nSPS) is 18.5. The molecule has 0 aliphatic carbocycles. The predicted molar refractivity (Wildman–Crippen MR) is 112 cm³/mol. The lowest BCUT2D eigenvalue weighted by atomic mass is 9.93. The Balaban J connectivity index is 2.04. The summed E-state index contributed by atoms with van der Waals surface area (Å²) in [5.74, 6) is 1.02. The van der Waals surface area contributed by atoms with Gasteiger partial charge in [-0.2, -0.15) is 0 Å². The van der Waals surface area contributed by atoms with E-state index in [9.17, 15) is 4.79 Å². The highest BCUT2D eigenvalue weighted by molar-refractivity contribution is 5.75. The van der Waals surface area contributed by atoms with E-state index in [4.69, 9.17) is 9.47 Å². The number of esters is 1. The van der Waals surface area contributed by atoms with Gasteiger partial charge in [0, 0.05) is 6.92 Å². The molecule has 0 aromatic heterocycles. The molecule has 0 spiro atoms. The van der Waals surface area contributed by atoms with Crippen molar-refractivity contribution >= 4 is 12.0 Å². The number of benzene rings is 1. The van der Waals surface area contributed by atoms with Crippen LogP contribution < -0.4 is 9.47 Å². The molecule has 0 saturated carbocycles. The quantitative estimate of drug-likeness (QED) is 0.311. The number of hydrogen-bond acceptors (Lipinski definition) is 3. The largest absolute Gasteiger partial charge is 0.483 e. The van der Waals surface area contributed by atoms with Crippen LogP contribution in [-0.2, 0) is 4.79 Å². The predicted octanol–water partition coefficient (Wildman–Crippen LogP) is 6.56. The molecule has 0 saturated heterocycles.